The van der Waals surface area contributed by atoms with Crippen molar-refractivity contribution in [1.82, 2.24) is 5.32 Å². The van der Waals surface area contributed by atoms with E-state index < -0.39 is 0 Å². The molecule has 0 radical (unpaired) electrons. The minimum absolute atomic E-state index is 0.709. The van der Waals surface area contributed by atoms with Gasteiger partial charge in [0.2, 0.25) is 0 Å². The highest BCUT2D eigenvalue weighted by molar-refractivity contribution is 9.10. The Balaban J connectivity index is 1.76. The molecule has 1 aromatic heterocycles. The van der Waals surface area contributed by atoms with Crippen LogP contribution in [-0.4, -0.2) is 6.04 Å². The van der Waals surface area contributed by atoms with E-state index in [4.69, 9.17) is 4.42 Å². The van der Waals surface area contributed by atoms with Gasteiger partial charge in [0.1, 0.15) is 0 Å². The SMILES string of the molecule is Brc1cc(CNC2CCCCCC2)co1. The van der Waals surface area contributed by atoms with E-state index in [2.05, 4.69) is 21.2 Å². The van der Waals surface area contributed by atoms with Gasteiger partial charge in [0.15, 0.2) is 4.67 Å². The van der Waals surface area contributed by atoms with E-state index in [1.54, 1.807) is 0 Å². The summed E-state index contributed by atoms with van der Waals surface area (Å²) in [5, 5.41) is 3.61. The molecule has 1 heterocycles. The van der Waals surface area contributed by atoms with Crippen LogP contribution in [0.25, 0.3) is 0 Å². The highest BCUT2D eigenvalue weighted by atomic mass is 79.9. The van der Waals surface area contributed by atoms with Crippen molar-refractivity contribution in [3.63, 3.8) is 0 Å². The fraction of sp³-hybridized carbons (Fsp3) is 0.667. The van der Waals surface area contributed by atoms with E-state index in [9.17, 15) is 0 Å². The monoisotopic (exact) mass is 271 g/mol. The maximum Gasteiger partial charge on any atom is 0.169 e. The summed E-state index contributed by atoms with van der Waals surface area (Å²) in [4.78, 5) is 0. The van der Waals surface area contributed by atoms with Crippen molar-refractivity contribution in [2.45, 2.75) is 51.1 Å². The molecule has 0 aromatic carbocycles. The predicted molar refractivity (Wildman–Crippen MR) is 64.7 cm³/mol. The molecule has 2 nitrogen and oxygen atoms in total. The second-order valence-corrected chi connectivity index (χ2v) is 5.11. The molecule has 84 valence electrons. The maximum atomic E-state index is 5.21. The zero-order chi connectivity index (χ0) is 10.5. The largest absolute Gasteiger partial charge is 0.457 e. The van der Waals surface area contributed by atoms with E-state index in [1.807, 2.05) is 12.3 Å². The summed E-state index contributed by atoms with van der Waals surface area (Å²) in [6.45, 7) is 0.930. The molecule has 0 atom stereocenters. The molecule has 0 amide bonds. The third kappa shape index (κ3) is 3.65. The van der Waals surface area contributed by atoms with Crippen molar-refractivity contribution in [2.75, 3.05) is 0 Å². The van der Waals surface area contributed by atoms with Crippen molar-refractivity contribution in [2.24, 2.45) is 0 Å². The summed E-state index contributed by atoms with van der Waals surface area (Å²) in [7, 11) is 0. The number of hydrogen-bond acceptors (Lipinski definition) is 2. The van der Waals surface area contributed by atoms with Crippen molar-refractivity contribution < 1.29 is 4.42 Å². The molecule has 0 spiro atoms. The smallest absolute Gasteiger partial charge is 0.169 e. The summed E-state index contributed by atoms with van der Waals surface area (Å²) < 4.78 is 6.03. The van der Waals surface area contributed by atoms with Gasteiger partial charge < -0.3 is 9.73 Å². The van der Waals surface area contributed by atoms with E-state index >= 15 is 0 Å². The van der Waals surface area contributed by atoms with Gasteiger partial charge in [-0.2, -0.15) is 0 Å². The van der Waals surface area contributed by atoms with Crippen LogP contribution in [0.4, 0.5) is 0 Å². The number of furan rings is 1. The number of nitrogens with one attached hydrogen (secondary N) is 1. The molecule has 2 rings (SSSR count). The van der Waals surface area contributed by atoms with Gasteiger partial charge in [0, 0.05) is 18.2 Å². The highest BCUT2D eigenvalue weighted by Gasteiger charge is 2.11. The Kier molecular flexibility index (Phi) is 4.27. The predicted octanol–water partition coefficient (Wildman–Crippen LogP) is 3.85. The van der Waals surface area contributed by atoms with Gasteiger partial charge >= 0.3 is 0 Å². The average Bonchev–Trinajstić information content (AvgIpc) is 2.52. The van der Waals surface area contributed by atoms with E-state index in [0.717, 1.165) is 11.2 Å². The summed E-state index contributed by atoms with van der Waals surface area (Å²) >= 11 is 3.32. The first kappa shape index (κ1) is 11.2. The van der Waals surface area contributed by atoms with Gasteiger partial charge in [0.25, 0.3) is 0 Å². The highest BCUT2D eigenvalue weighted by Crippen LogP contribution is 2.18. The lowest BCUT2D eigenvalue weighted by Crippen LogP contribution is -2.27. The summed E-state index contributed by atoms with van der Waals surface area (Å²) in [5.41, 5.74) is 1.23. The Labute approximate surface area is 99.6 Å². The standard InChI is InChI=1S/C12H18BrNO/c13-12-7-10(9-15-12)8-14-11-5-3-1-2-4-6-11/h7,9,11,14H,1-6,8H2. The molecule has 1 aliphatic carbocycles. The minimum atomic E-state index is 0.709. The lowest BCUT2D eigenvalue weighted by Gasteiger charge is -2.15. The number of rotatable bonds is 3. The number of hydrogen-bond donors (Lipinski definition) is 1. The molecule has 1 fully saturated rings. The van der Waals surface area contributed by atoms with Crippen molar-refractivity contribution >= 4 is 15.9 Å². The average molecular weight is 272 g/mol. The molecule has 15 heavy (non-hydrogen) atoms. The minimum Gasteiger partial charge on any atom is -0.457 e. The first-order valence-corrected chi connectivity index (χ1v) is 6.60. The topological polar surface area (TPSA) is 25.2 Å². The molecule has 1 N–H and O–H groups in total. The molecular formula is C12H18BrNO. The molecular weight excluding hydrogens is 254 g/mol. The van der Waals surface area contributed by atoms with Crippen LogP contribution in [0.1, 0.15) is 44.1 Å². The van der Waals surface area contributed by atoms with Gasteiger partial charge in [-0.05, 0) is 34.8 Å². The molecule has 0 aliphatic heterocycles. The lowest BCUT2D eigenvalue weighted by molar-refractivity contribution is 0.456. The first-order valence-electron chi connectivity index (χ1n) is 5.81. The van der Waals surface area contributed by atoms with Crippen LogP contribution in [-0.2, 0) is 6.54 Å². The first-order chi connectivity index (χ1) is 7.34. The lowest BCUT2D eigenvalue weighted by atomic mass is 10.1. The Morgan fingerprint density at radius 3 is 2.60 bits per heavy atom. The Bertz CT molecular complexity index is 290. The fourth-order valence-electron chi connectivity index (χ4n) is 2.18. The van der Waals surface area contributed by atoms with E-state index in [-0.39, 0.29) is 0 Å². The van der Waals surface area contributed by atoms with Gasteiger partial charge in [-0.1, -0.05) is 25.7 Å². The second-order valence-electron chi connectivity index (χ2n) is 4.33. The maximum absolute atomic E-state index is 5.21. The van der Waals surface area contributed by atoms with Gasteiger partial charge in [-0.25, -0.2) is 0 Å². The van der Waals surface area contributed by atoms with Crippen molar-refractivity contribution in [3.8, 4) is 0 Å². The van der Waals surface area contributed by atoms with Gasteiger partial charge in [-0.15, -0.1) is 0 Å². The Morgan fingerprint density at radius 2 is 2.00 bits per heavy atom. The zero-order valence-corrected chi connectivity index (χ0v) is 10.6. The van der Waals surface area contributed by atoms with Crippen LogP contribution < -0.4 is 5.32 Å². The quantitative estimate of drug-likeness (QED) is 0.845. The van der Waals surface area contributed by atoms with Crippen molar-refractivity contribution in [1.29, 1.82) is 0 Å². The summed E-state index contributed by atoms with van der Waals surface area (Å²) in [6.07, 6.45) is 10.1. The van der Waals surface area contributed by atoms with E-state index in [0.29, 0.717) is 6.04 Å². The van der Waals surface area contributed by atoms with Crippen LogP contribution in [0.2, 0.25) is 0 Å². The third-order valence-corrected chi connectivity index (χ3v) is 3.49. The zero-order valence-electron chi connectivity index (χ0n) is 8.97. The van der Waals surface area contributed by atoms with Gasteiger partial charge in [-0.3, -0.25) is 0 Å². The van der Waals surface area contributed by atoms with E-state index in [1.165, 1.54) is 44.1 Å². The summed E-state index contributed by atoms with van der Waals surface area (Å²) in [5.74, 6) is 0. The normalized spacial score (nSPS) is 19.0. The van der Waals surface area contributed by atoms with Crippen LogP contribution >= 0.6 is 15.9 Å². The molecule has 3 heteroatoms. The van der Waals surface area contributed by atoms with Crippen LogP contribution in [0.3, 0.4) is 0 Å². The van der Waals surface area contributed by atoms with Gasteiger partial charge in [0.05, 0.1) is 6.26 Å². The molecule has 0 unspecified atom stereocenters. The van der Waals surface area contributed by atoms with Crippen molar-refractivity contribution in [3.05, 3.63) is 22.6 Å². The fourth-order valence-corrected chi connectivity index (χ4v) is 2.57. The molecule has 0 saturated heterocycles. The van der Waals surface area contributed by atoms with Crippen LogP contribution in [0.15, 0.2) is 21.4 Å². The second kappa shape index (κ2) is 5.71. The van der Waals surface area contributed by atoms with Crippen LogP contribution in [0, 0.1) is 0 Å². The van der Waals surface area contributed by atoms with Crippen LogP contribution in [0.5, 0.6) is 0 Å². The summed E-state index contributed by atoms with van der Waals surface area (Å²) in [6, 6.07) is 2.74. The molecule has 1 aromatic rings. The molecule has 1 saturated carbocycles. The number of halogens is 1. The Hall–Kier alpha value is -0.280. The molecule has 0 bridgehead atoms. The molecule has 1 aliphatic rings. The third-order valence-electron chi connectivity index (χ3n) is 3.07. The Morgan fingerprint density at radius 1 is 1.27 bits per heavy atom.